The lowest BCUT2D eigenvalue weighted by Gasteiger charge is -2.28. The molecule has 2 rings (SSSR count). The van der Waals surface area contributed by atoms with Gasteiger partial charge < -0.3 is 15.1 Å². The van der Waals surface area contributed by atoms with Crippen molar-refractivity contribution < 1.29 is 9.21 Å². The molecule has 6 nitrogen and oxygen atoms in total. The number of amides is 1. The van der Waals surface area contributed by atoms with Crippen molar-refractivity contribution in [3.8, 4) is 11.5 Å². The smallest absolute Gasteiger partial charge is 0.274 e. The van der Waals surface area contributed by atoms with E-state index in [1.165, 1.54) is 0 Å². The molecule has 0 saturated carbocycles. The third-order valence-corrected chi connectivity index (χ3v) is 3.37. The van der Waals surface area contributed by atoms with Crippen molar-refractivity contribution in [2.45, 2.75) is 20.8 Å². The number of nitrogens with zero attached hydrogens (tertiary/aromatic N) is 2. The van der Waals surface area contributed by atoms with Crippen LogP contribution in [0.5, 0.6) is 0 Å². The Balaban J connectivity index is 2.12. The van der Waals surface area contributed by atoms with Crippen molar-refractivity contribution in [3.05, 3.63) is 29.7 Å². The van der Waals surface area contributed by atoms with Crippen LogP contribution < -0.4 is 5.73 Å². The molecule has 114 valence electrons. The van der Waals surface area contributed by atoms with Gasteiger partial charge in [0.25, 0.3) is 5.91 Å². The van der Waals surface area contributed by atoms with Crippen LogP contribution in [0, 0.1) is 12.3 Å². The minimum Gasteiger partial charge on any atom is -0.460 e. The molecular formula is C15H22N4O2. The SMILES string of the molecule is Cc1ccc(-c2cc(C(=O)N(C)CC(C)(C)CN)n[nH]2)o1. The molecule has 0 aliphatic heterocycles. The number of carbonyl (C=O) groups excluding carboxylic acids is 1. The average molecular weight is 290 g/mol. The molecule has 21 heavy (non-hydrogen) atoms. The summed E-state index contributed by atoms with van der Waals surface area (Å²) in [5.74, 6) is 1.35. The van der Waals surface area contributed by atoms with Gasteiger partial charge in [-0.25, -0.2) is 0 Å². The van der Waals surface area contributed by atoms with Crippen LogP contribution in [0.15, 0.2) is 22.6 Å². The van der Waals surface area contributed by atoms with Crippen molar-refractivity contribution in [1.29, 1.82) is 0 Å². The third-order valence-electron chi connectivity index (χ3n) is 3.37. The zero-order valence-corrected chi connectivity index (χ0v) is 12.9. The summed E-state index contributed by atoms with van der Waals surface area (Å²) in [7, 11) is 1.76. The Morgan fingerprint density at radius 3 is 2.76 bits per heavy atom. The maximum Gasteiger partial charge on any atom is 0.274 e. The predicted octanol–water partition coefficient (Wildman–Crippen LogP) is 2.04. The molecule has 3 N–H and O–H groups in total. The molecule has 0 atom stereocenters. The molecule has 0 aliphatic rings. The average Bonchev–Trinajstić information content (AvgIpc) is 3.05. The van der Waals surface area contributed by atoms with Gasteiger partial charge in [-0.1, -0.05) is 13.8 Å². The highest BCUT2D eigenvalue weighted by Crippen LogP contribution is 2.21. The summed E-state index contributed by atoms with van der Waals surface area (Å²) >= 11 is 0. The summed E-state index contributed by atoms with van der Waals surface area (Å²) in [6.45, 7) is 7.01. The first-order valence-corrected chi connectivity index (χ1v) is 6.90. The topological polar surface area (TPSA) is 88.1 Å². The number of furan rings is 1. The highest BCUT2D eigenvalue weighted by atomic mass is 16.3. The number of carbonyl (C=O) groups is 1. The molecule has 0 bridgehead atoms. The van der Waals surface area contributed by atoms with Crippen LogP contribution in [0.25, 0.3) is 11.5 Å². The second-order valence-corrected chi connectivity index (χ2v) is 6.11. The minimum absolute atomic E-state index is 0.123. The van der Waals surface area contributed by atoms with Gasteiger partial charge in [0, 0.05) is 19.7 Å². The maximum atomic E-state index is 12.4. The molecule has 2 aromatic heterocycles. The molecule has 0 aliphatic carbocycles. The van der Waals surface area contributed by atoms with Gasteiger partial charge in [-0.15, -0.1) is 0 Å². The number of hydrogen-bond donors (Lipinski definition) is 2. The quantitative estimate of drug-likeness (QED) is 0.882. The fraction of sp³-hybridized carbons (Fsp3) is 0.467. The number of nitrogens with one attached hydrogen (secondary N) is 1. The first kappa shape index (κ1) is 15.3. The van der Waals surface area contributed by atoms with E-state index in [1.807, 2.05) is 32.9 Å². The zero-order chi connectivity index (χ0) is 15.6. The summed E-state index contributed by atoms with van der Waals surface area (Å²) in [4.78, 5) is 14.0. The van der Waals surface area contributed by atoms with E-state index in [1.54, 1.807) is 18.0 Å². The molecule has 0 saturated heterocycles. The van der Waals surface area contributed by atoms with Crippen LogP contribution in [0.2, 0.25) is 0 Å². The molecule has 0 spiro atoms. The van der Waals surface area contributed by atoms with Crippen molar-refractivity contribution in [2.24, 2.45) is 11.1 Å². The largest absolute Gasteiger partial charge is 0.460 e. The lowest BCUT2D eigenvalue weighted by Crippen LogP contribution is -2.39. The van der Waals surface area contributed by atoms with Crippen molar-refractivity contribution in [3.63, 3.8) is 0 Å². The molecule has 2 heterocycles. The van der Waals surface area contributed by atoms with E-state index in [2.05, 4.69) is 10.2 Å². The van der Waals surface area contributed by atoms with Gasteiger partial charge in [-0.3, -0.25) is 9.89 Å². The van der Waals surface area contributed by atoms with Gasteiger partial charge in [0.15, 0.2) is 11.5 Å². The molecule has 2 aromatic rings. The molecular weight excluding hydrogens is 268 g/mol. The Morgan fingerprint density at radius 2 is 2.19 bits per heavy atom. The fourth-order valence-electron chi connectivity index (χ4n) is 2.11. The van der Waals surface area contributed by atoms with Crippen LogP contribution in [0.1, 0.15) is 30.1 Å². The Bertz CT molecular complexity index is 627. The number of nitrogens with two attached hydrogens (primary N) is 1. The first-order valence-electron chi connectivity index (χ1n) is 6.90. The minimum atomic E-state index is -0.137. The van der Waals surface area contributed by atoms with E-state index in [-0.39, 0.29) is 11.3 Å². The van der Waals surface area contributed by atoms with Crippen LogP contribution in [0.4, 0.5) is 0 Å². The molecule has 6 heteroatoms. The lowest BCUT2D eigenvalue weighted by atomic mass is 9.93. The van der Waals surface area contributed by atoms with E-state index < -0.39 is 0 Å². The van der Waals surface area contributed by atoms with Crippen molar-refractivity contribution >= 4 is 5.91 Å². The summed E-state index contributed by atoms with van der Waals surface area (Å²) in [5.41, 5.74) is 6.64. The van der Waals surface area contributed by atoms with Gasteiger partial charge in [-0.2, -0.15) is 5.10 Å². The Hall–Kier alpha value is -2.08. The molecule has 0 aromatic carbocycles. The second-order valence-electron chi connectivity index (χ2n) is 6.11. The van der Waals surface area contributed by atoms with Gasteiger partial charge >= 0.3 is 0 Å². The lowest BCUT2D eigenvalue weighted by molar-refractivity contribution is 0.0734. The molecule has 0 radical (unpaired) electrons. The maximum absolute atomic E-state index is 12.4. The van der Waals surface area contributed by atoms with Crippen LogP contribution >= 0.6 is 0 Å². The fourth-order valence-corrected chi connectivity index (χ4v) is 2.11. The van der Waals surface area contributed by atoms with Crippen LogP contribution in [0.3, 0.4) is 0 Å². The highest BCUT2D eigenvalue weighted by molar-refractivity contribution is 5.93. The highest BCUT2D eigenvalue weighted by Gasteiger charge is 2.23. The van der Waals surface area contributed by atoms with E-state index >= 15 is 0 Å². The Kier molecular flexibility index (Phi) is 4.18. The number of aryl methyl sites for hydroxylation is 1. The summed E-state index contributed by atoms with van der Waals surface area (Å²) in [5, 5.41) is 6.90. The van der Waals surface area contributed by atoms with Gasteiger partial charge in [-0.05, 0) is 31.0 Å². The number of aromatic nitrogens is 2. The zero-order valence-electron chi connectivity index (χ0n) is 12.9. The normalized spacial score (nSPS) is 11.7. The Morgan fingerprint density at radius 1 is 1.48 bits per heavy atom. The van der Waals surface area contributed by atoms with E-state index in [4.69, 9.17) is 10.2 Å². The third kappa shape index (κ3) is 3.52. The molecule has 0 unspecified atom stereocenters. The van der Waals surface area contributed by atoms with Crippen molar-refractivity contribution in [1.82, 2.24) is 15.1 Å². The van der Waals surface area contributed by atoms with Gasteiger partial charge in [0.05, 0.1) is 0 Å². The van der Waals surface area contributed by atoms with Crippen LogP contribution in [-0.4, -0.2) is 41.1 Å². The monoisotopic (exact) mass is 290 g/mol. The van der Waals surface area contributed by atoms with E-state index in [9.17, 15) is 4.79 Å². The van der Waals surface area contributed by atoms with Gasteiger partial charge in [0.1, 0.15) is 11.5 Å². The summed E-state index contributed by atoms with van der Waals surface area (Å²) in [6.07, 6.45) is 0. The molecule has 1 amide bonds. The van der Waals surface area contributed by atoms with Crippen molar-refractivity contribution in [2.75, 3.05) is 20.1 Å². The first-order chi connectivity index (χ1) is 9.82. The number of aromatic amines is 1. The summed E-state index contributed by atoms with van der Waals surface area (Å²) in [6, 6.07) is 5.42. The van der Waals surface area contributed by atoms with E-state index in [0.29, 0.717) is 30.2 Å². The van der Waals surface area contributed by atoms with E-state index in [0.717, 1.165) is 5.76 Å². The Labute approximate surface area is 124 Å². The number of hydrogen-bond acceptors (Lipinski definition) is 4. The summed E-state index contributed by atoms with van der Waals surface area (Å²) < 4.78 is 5.51. The predicted molar refractivity (Wildman–Crippen MR) is 80.8 cm³/mol. The van der Waals surface area contributed by atoms with Gasteiger partial charge in [0.2, 0.25) is 0 Å². The number of H-pyrrole nitrogens is 1. The molecule has 0 fully saturated rings. The number of rotatable bonds is 5. The standard InChI is InChI=1S/C15H22N4O2/c1-10-5-6-13(21-10)11-7-12(18-17-11)14(20)19(4)9-15(2,3)8-16/h5-7H,8-9,16H2,1-4H3,(H,17,18). The van der Waals surface area contributed by atoms with Crippen LogP contribution in [-0.2, 0) is 0 Å². The second kappa shape index (κ2) is 5.73.